The van der Waals surface area contributed by atoms with E-state index in [-0.39, 0.29) is 25.3 Å². The van der Waals surface area contributed by atoms with E-state index < -0.39 is 10.9 Å². The molecule has 28 heavy (non-hydrogen) atoms. The minimum absolute atomic E-state index is 0.00337. The van der Waals surface area contributed by atoms with Crippen LogP contribution in [0.5, 0.6) is 11.5 Å². The number of nitro benzene ring substituents is 1. The van der Waals surface area contributed by atoms with E-state index in [0.29, 0.717) is 27.6 Å². The Hall–Kier alpha value is -3.46. The summed E-state index contributed by atoms with van der Waals surface area (Å²) in [5.74, 6) is -0.221. The molecule has 0 bridgehead atoms. The van der Waals surface area contributed by atoms with Crippen molar-refractivity contribution in [2.24, 2.45) is 0 Å². The van der Waals surface area contributed by atoms with Crippen molar-refractivity contribution in [1.82, 2.24) is 4.98 Å². The number of para-hydroxylation sites is 1. The van der Waals surface area contributed by atoms with E-state index in [1.54, 1.807) is 6.08 Å². The maximum Gasteiger partial charge on any atom is 0.303 e. The minimum Gasteiger partial charge on any atom is -0.481 e. The molecule has 0 aliphatic carbocycles. The zero-order valence-corrected chi connectivity index (χ0v) is 15.3. The van der Waals surface area contributed by atoms with Crippen molar-refractivity contribution in [2.45, 2.75) is 12.8 Å². The third-order valence-corrected chi connectivity index (χ3v) is 5.34. The molecule has 1 aliphatic rings. The number of nitro groups is 1. The molecule has 3 aromatic rings. The van der Waals surface area contributed by atoms with Gasteiger partial charge in [0.2, 0.25) is 6.79 Å². The highest BCUT2D eigenvalue weighted by molar-refractivity contribution is 7.19. The number of hydrogen-bond donors (Lipinski definition) is 1. The Morgan fingerprint density at radius 2 is 2.00 bits per heavy atom. The summed E-state index contributed by atoms with van der Waals surface area (Å²) in [6.45, 7) is 0.00337. The van der Waals surface area contributed by atoms with Crippen LogP contribution in [0.15, 0.2) is 36.4 Å². The molecule has 0 saturated carbocycles. The van der Waals surface area contributed by atoms with Crippen molar-refractivity contribution in [1.29, 1.82) is 0 Å². The van der Waals surface area contributed by atoms with Crippen molar-refractivity contribution in [2.75, 3.05) is 6.79 Å². The molecule has 4 rings (SSSR count). The molecule has 1 N–H and O–H groups in total. The SMILES string of the molecule is O=C(O)CC/C(=C/c1cc2c(cc1[N+](=O)[O-])OCO2)c1nc2ccccc2s1. The van der Waals surface area contributed by atoms with Gasteiger partial charge in [0.05, 0.1) is 26.8 Å². The van der Waals surface area contributed by atoms with Crippen LogP contribution in [0.25, 0.3) is 21.9 Å². The second-order valence-corrected chi connectivity index (χ2v) is 7.10. The number of rotatable bonds is 6. The summed E-state index contributed by atoms with van der Waals surface area (Å²) < 4.78 is 11.5. The number of allylic oxidation sites excluding steroid dienone is 1. The van der Waals surface area contributed by atoms with Crippen LogP contribution < -0.4 is 9.47 Å². The quantitative estimate of drug-likeness (QED) is 0.485. The van der Waals surface area contributed by atoms with Gasteiger partial charge >= 0.3 is 5.97 Å². The molecule has 9 heteroatoms. The molecule has 1 aliphatic heterocycles. The summed E-state index contributed by atoms with van der Waals surface area (Å²) >= 11 is 1.42. The Labute approximate surface area is 162 Å². The van der Waals surface area contributed by atoms with Crippen molar-refractivity contribution < 1.29 is 24.3 Å². The van der Waals surface area contributed by atoms with Gasteiger partial charge < -0.3 is 14.6 Å². The van der Waals surface area contributed by atoms with Gasteiger partial charge in [0.1, 0.15) is 5.01 Å². The Morgan fingerprint density at radius 3 is 2.71 bits per heavy atom. The van der Waals surface area contributed by atoms with Crippen LogP contribution in [0.1, 0.15) is 23.4 Å². The molecule has 0 saturated heterocycles. The Morgan fingerprint density at radius 1 is 1.25 bits per heavy atom. The number of carboxylic acids is 1. The third-order valence-electron chi connectivity index (χ3n) is 4.23. The molecule has 142 valence electrons. The van der Waals surface area contributed by atoms with Gasteiger partial charge in [-0.15, -0.1) is 11.3 Å². The van der Waals surface area contributed by atoms with Crippen molar-refractivity contribution in [3.8, 4) is 11.5 Å². The fourth-order valence-corrected chi connectivity index (χ4v) is 3.91. The normalized spacial score (nSPS) is 13.1. The minimum atomic E-state index is -0.952. The first-order valence-corrected chi connectivity index (χ1v) is 9.19. The lowest BCUT2D eigenvalue weighted by atomic mass is 10.0. The summed E-state index contributed by atoms with van der Waals surface area (Å²) in [7, 11) is 0. The standard InChI is InChI=1S/C19H14N2O6S/c22-18(23)6-5-11(19-20-13-3-1-2-4-17(13)28-19)7-12-8-15-16(27-10-26-15)9-14(12)21(24)25/h1-4,7-9H,5-6,10H2,(H,22,23)/b11-7-. The average Bonchev–Trinajstić information content (AvgIpc) is 3.29. The number of aromatic nitrogens is 1. The molecule has 2 heterocycles. The van der Waals surface area contributed by atoms with Gasteiger partial charge in [-0.1, -0.05) is 12.1 Å². The summed E-state index contributed by atoms with van der Waals surface area (Å²) in [6, 6.07) is 10.4. The molecular weight excluding hydrogens is 384 g/mol. The monoisotopic (exact) mass is 398 g/mol. The summed E-state index contributed by atoms with van der Waals surface area (Å²) in [6.07, 6.45) is 1.70. The third kappa shape index (κ3) is 3.52. The lowest BCUT2D eigenvalue weighted by Gasteiger charge is -2.05. The molecule has 0 spiro atoms. The van der Waals surface area contributed by atoms with Crippen LogP contribution >= 0.6 is 11.3 Å². The van der Waals surface area contributed by atoms with Gasteiger partial charge in [0, 0.05) is 6.42 Å². The zero-order chi connectivity index (χ0) is 19.7. The Kier molecular flexibility index (Phi) is 4.66. The molecule has 0 unspecified atom stereocenters. The number of aliphatic carboxylic acids is 1. The van der Waals surface area contributed by atoms with E-state index in [1.165, 1.54) is 23.5 Å². The second kappa shape index (κ2) is 7.28. The smallest absolute Gasteiger partial charge is 0.303 e. The van der Waals surface area contributed by atoms with E-state index in [2.05, 4.69) is 4.98 Å². The lowest BCUT2D eigenvalue weighted by Crippen LogP contribution is -1.97. The van der Waals surface area contributed by atoms with Gasteiger partial charge in [-0.3, -0.25) is 14.9 Å². The van der Waals surface area contributed by atoms with Crippen molar-refractivity contribution >= 4 is 44.9 Å². The zero-order valence-electron chi connectivity index (χ0n) is 14.5. The van der Waals surface area contributed by atoms with Crippen molar-refractivity contribution in [3.05, 3.63) is 57.1 Å². The second-order valence-electron chi connectivity index (χ2n) is 6.07. The van der Waals surface area contributed by atoms with E-state index in [4.69, 9.17) is 14.6 Å². The highest BCUT2D eigenvalue weighted by Crippen LogP contribution is 2.40. The number of ether oxygens (including phenoxy) is 2. The molecule has 2 aromatic carbocycles. The van der Waals surface area contributed by atoms with Crippen molar-refractivity contribution in [3.63, 3.8) is 0 Å². The number of nitrogens with zero attached hydrogens (tertiary/aromatic N) is 2. The first kappa shape index (κ1) is 17.9. The number of benzene rings is 2. The lowest BCUT2D eigenvalue weighted by molar-refractivity contribution is -0.385. The van der Waals surface area contributed by atoms with Gasteiger partial charge in [0.15, 0.2) is 11.5 Å². The molecule has 8 nitrogen and oxygen atoms in total. The number of thiazole rings is 1. The first-order chi connectivity index (χ1) is 13.5. The van der Waals surface area contributed by atoms with Gasteiger partial charge in [-0.25, -0.2) is 4.98 Å². The number of carboxylic acid groups (broad SMARTS) is 1. The van der Waals surface area contributed by atoms with Gasteiger partial charge in [-0.2, -0.15) is 0 Å². The summed E-state index contributed by atoms with van der Waals surface area (Å²) in [5, 5.41) is 21.2. The largest absolute Gasteiger partial charge is 0.481 e. The Bertz CT molecular complexity index is 1090. The van der Waals surface area contributed by atoms with Crippen LogP contribution in [0.2, 0.25) is 0 Å². The van der Waals surface area contributed by atoms with Crippen LogP contribution in [-0.4, -0.2) is 27.8 Å². The number of fused-ring (bicyclic) bond motifs is 2. The van der Waals surface area contributed by atoms with Gasteiger partial charge in [0.25, 0.3) is 5.69 Å². The highest BCUT2D eigenvalue weighted by atomic mass is 32.1. The van der Waals surface area contributed by atoms with Crippen LogP contribution in [-0.2, 0) is 4.79 Å². The van der Waals surface area contributed by atoms with E-state index >= 15 is 0 Å². The summed E-state index contributed by atoms with van der Waals surface area (Å²) in [4.78, 5) is 26.7. The molecule has 0 atom stereocenters. The maximum absolute atomic E-state index is 11.5. The van der Waals surface area contributed by atoms with Crippen LogP contribution in [0.4, 0.5) is 5.69 Å². The van der Waals surface area contributed by atoms with Crippen LogP contribution in [0, 0.1) is 10.1 Å². The first-order valence-electron chi connectivity index (χ1n) is 8.37. The maximum atomic E-state index is 11.5. The fourth-order valence-electron chi connectivity index (χ4n) is 2.90. The summed E-state index contributed by atoms with van der Waals surface area (Å²) in [5.41, 5.74) is 1.58. The van der Waals surface area contributed by atoms with E-state index in [9.17, 15) is 14.9 Å². The fraction of sp³-hybridized carbons (Fsp3) is 0.158. The molecule has 0 fully saturated rings. The molecule has 0 radical (unpaired) electrons. The van der Waals surface area contributed by atoms with E-state index in [0.717, 1.165) is 10.2 Å². The van der Waals surface area contributed by atoms with Gasteiger partial charge in [-0.05, 0) is 36.3 Å². The highest BCUT2D eigenvalue weighted by Gasteiger charge is 2.23. The predicted octanol–water partition coefficient (Wildman–Crippen LogP) is 4.34. The predicted molar refractivity (Wildman–Crippen MR) is 104 cm³/mol. The number of carbonyl (C=O) groups is 1. The molecule has 0 amide bonds. The number of hydrogen-bond acceptors (Lipinski definition) is 7. The average molecular weight is 398 g/mol. The Balaban J connectivity index is 1.83. The molecular formula is C19H14N2O6S. The topological polar surface area (TPSA) is 112 Å². The van der Waals surface area contributed by atoms with E-state index in [1.807, 2.05) is 24.3 Å². The molecule has 1 aromatic heterocycles. The van der Waals surface area contributed by atoms with Crippen LogP contribution in [0.3, 0.4) is 0 Å².